The van der Waals surface area contributed by atoms with Crippen molar-refractivity contribution >= 4 is 0 Å². The molecule has 4 heteroatoms. The van der Waals surface area contributed by atoms with Gasteiger partial charge in [-0.2, -0.15) is 10.5 Å². The highest BCUT2D eigenvalue weighted by atomic mass is 16.5. The molecule has 0 aliphatic rings. The van der Waals surface area contributed by atoms with E-state index in [1.54, 1.807) is 26.2 Å². The molecule has 4 nitrogen and oxygen atoms in total. The maximum Gasteiger partial charge on any atom is 0.118 e. The van der Waals surface area contributed by atoms with E-state index in [-0.39, 0.29) is 0 Å². The molecule has 0 N–H and O–H groups in total. The SMILES string of the molecule is COc1ccc(-c2nc(C)c(C)c(C#N)c2C#N)cc1. The van der Waals surface area contributed by atoms with Gasteiger partial charge >= 0.3 is 0 Å². The normalized spacial score (nSPS) is 9.65. The van der Waals surface area contributed by atoms with Crippen LogP contribution in [-0.4, -0.2) is 12.1 Å². The first-order chi connectivity index (χ1) is 9.62. The van der Waals surface area contributed by atoms with Crippen molar-refractivity contribution in [2.24, 2.45) is 0 Å². The lowest BCUT2D eigenvalue weighted by atomic mass is 9.97. The van der Waals surface area contributed by atoms with Crippen molar-refractivity contribution in [3.05, 3.63) is 46.6 Å². The monoisotopic (exact) mass is 263 g/mol. The van der Waals surface area contributed by atoms with E-state index in [1.165, 1.54) is 0 Å². The van der Waals surface area contributed by atoms with Gasteiger partial charge in [0, 0.05) is 11.3 Å². The molecule has 0 amide bonds. The maximum absolute atomic E-state index is 9.34. The van der Waals surface area contributed by atoms with Crippen molar-refractivity contribution in [3.8, 4) is 29.1 Å². The molecule has 2 aromatic rings. The van der Waals surface area contributed by atoms with Crippen LogP contribution in [0.15, 0.2) is 24.3 Å². The Balaban J connectivity index is 2.71. The Kier molecular flexibility index (Phi) is 3.68. The second kappa shape index (κ2) is 5.42. The zero-order valence-electron chi connectivity index (χ0n) is 11.6. The Bertz CT molecular complexity index is 734. The minimum absolute atomic E-state index is 0.320. The highest BCUT2D eigenvalue weighted by Crippen LogP contribution is 2.28. The number of hydrogen-bond acceptors (Lipinski definition) is 4. The summed E-state index contributed by atoms with van der Waals surface area (Å²) in [6.07, 6.45) is 0. The molecule has 2 rings (SSSR count). The average Bonchev–Trinajstić information content (AvgIpc) is 2.49. The third kappa shape index (κ3) is 2.20. The molecule has 1 heterocycles. The van der Waals surface area contributed by atoms with Crippen LogP contribution in [0, 0.1) is 36.5 Å². The van der Waals surface area contributed by atoms with Crippen LogP contribution in [0.4, 0.5) is 0 Å². The highest BCUT2D eigenvalue weighted by Gasteiger charge is 2.16. The molecule has 0 aliphatic carbocycles. The van der Waals surface area contributed by atoms with Gasteiger partial charge in [-0.1, -0.05) is 0 Å². The third-order valence-electron chi connectivity index (χ3n) is 3.27. The van der Waals surface area contributed by atoms with Crippen molar-refractivity contribution in [1.29, 1.82) is 10.5 Å². The number of nitriles is 2. The lowest BCUT2D eigenvalue weighted by Crippen LogP contribution is -2.00. The molecule has 98 valence electrons. The van der Waals surface area contributed by atoms with Crippen LogP contribution in [-0.2, 0) is 0 Å². The summed E-state index contributed by atoms with van der Waals surface area (Å²) in [5.74, 6) is 0.733. The van der Waals surface area contributed by atoms with Crippen molar-refractivity contribution < 1.29 is 4.74 Å². The molecule has 0 bridgehead atoms. The first-order valence-electron chi connectivity index (χ1n) is 6.08. The van der Waals surface area contributed by atoms with Gasteiger partial charge in [0.25, 0.3) is 0 Å². The zero-order chi connectivity index (χ0) is 14.7. The van der Waals surface area contributed by atoms with Gasteiger partial charge in [0.15, 0.2) is 0 Å². The standard InChI is InChI=1S/C16H13N3O/c1-10-11(2)19-16(15(9-18)14(10)8-17)12-4-6-13(20-3)7-5-12/h4-7H,1-3H3. The van der Waals surface area contributed by atoms with Gasteiger partial charge in [-0.05, 0) is 43.7 Å². The molecule has 0 unspecified atom stereocenters. The number of pyridine rings is 1. The van der Waals surface area contributed by atoms with E-state index in [4.69, 9.17) is 4.74 Å². The van der Waals surface area contributed by atoms with E-state index in [0.717, 1.165) is 22.6 Å². The van der Waals surface area contributed by atoms with Gasteiger partial charge in [0.1, 0.15) is 17.9 Å². The minimum atomic E-state index is 0.320. The van der Waals surface area contributed by atoms with E-state index in [9.17, 15) is 10.5 Å². The Morgan fingerprint density at radius 2 is 1.60 bits per heavy atom. The lowest BCUT2D eigenvalue weighted by molar-refractivity contribution is 0.415. The molecule has 1 aromatic heterocycles. The summed E-state index contributed by atoms with van der Waals surface area (Å²) >= 11 is 0. The molecule has 0 saturated heterocycles. The smallest absolute Gasteiger partial charge is 0.118 e. The highest BCUT2D eigenvalue weighted by molar-refractivity contribution is 5.72. The summed E-state index contributed by atoms with van der Waals surface area (Å²) in [6, 6.07) is 11.5. The summed E-state index contributed by atoms with van der Waals surface area (Å²) in [7, 11) is 1.60. The van der Waals surface area contributed by atoms with Crippen LogP contribution in [0.2, 0.25) is 0 Å². The van der Waals surface area contributed by atoms with Crippen LogP contribution in [0.1, 0.15) is 22.4 Å². The fraction of sp³-hybridized carbons (Fsp3) is 0.188. The molecule has 0 fully saturated rings. The quantitative estimate of drug-likeness (QED) is 0.834. The first kappa shape index (κ1) is 13.6. The Morgan fingerprint density at radius 1 is 1.00 bits per heavy atom. The number of benzene rings is 1. The third-order valence-corrected chi connectivity index (χ3v) is 3.27. The Morgan fingerprint density at radius 3 is 2.10 bits per heavy atom. The van der Waals surface area contributed by atoms with Gasteiger partial charge < -0.3 is 4.74 Å². The van der Waals surface area contributed by atoms with E-state index in [2.05, 4.69) is 17.1 Å². The number of nitrogens with zero attached hydrogens (tertiary/aromatic N) is 3. The van der Waals surface area contributed by atoms with Gasteiger partial charge in [0.2, 0.25) is 0 Å². The number of methoxy groups -OCH3 is 1. The lowest BCUT2D eigenvalue weighted by Gasteiger charge is -2.10. The van der Waals surface area contributed by atoms with Crippen LogP contribution in [0.5, 0.6) is 5.75 Å². The second-order valence-electron chi connectivity index (χ2n) is 4.37. The molecule has 0 spiro atoms. The predicted molar refractivity (Wildman–Crippen MR) is 75.1 cm³/mol. The Labute approximate surface area is 117 Å². The van der Waals surface area contributed by atoms with Crippen LogP contribution in [0.25, 0.3) is 11.3 Å². The number of aryl methyl sites for hydroxylation is 1. The van der Waals surface area contributed by atoms with Crippen LogP contribution < -0.4 is 4.74 Å². The van der Waals surface area contributed by atoms with Gasteiger partial charge in [-0.3, -0.25) is 4.98 Å². The number of rotatable bonds is 2. The van der Waals surface area contributed by atoms with E-state index >= 15 is 0 Å². The number of ether oxygens (including phenoxy) is 1. The largest absolute Gasteiger partial charge is 0.497 e. The van der Waals surface area contributed by atoms with Crippen molar-refractivity contribution in [2.45, 2.75) is 13.8 Å². The van der Waals surface area contributed by atoms with Crippen LogP contribution >= 0.6 is 0 Å². The fourth-order valence-electron chi connectivity index (χ4n) is 2.00. The molecular weight excluding hydrogens is 250 g/mol. The molecular formula is C16H13N3O. The summed E-state index contributed by atoms with van der Waals surface area (Å²) in [5.41, 5.74) is 3.55. The van der Waals surface area contributed by atoms with Crippen molar-refractivity contribution in [3.63, 3.8) is 0 Å². The van der Waals surface area contributed by atoms with Crippen LogP contribution in [0.3, 0.4) is 0 Å². The fourth-order valence-corrected chi connectivity index (χ4v) is 2.00. The van der Waals surface area contributed by atoms with E-state index < -0.39 is 0 Å². The number of aromatic nitrogens is 1. The summed E-state index contributed by atoms with van der Waals surface area (Å²) in [4.78, 5) is 4.46. The number of hydrogen-bond donors (Lipinski definition) is 0. The molecule has 0 aliphatic heterocycles. The maximum atomic E-state index is 9.34. The van der Waals surface area contributed by atoms with Gasteiger partial charge in [-0.15, -0.1) is 0 Å². The topological polar surface area (TPSA) is 69.7 Å². The minimum Gasteiger partial charge on any atom is -0.497 e. The van der Waals surface area contributed by atoms with Crippen molar-refractivity contribution in [1.82, 2.24) is 4.98 Å². The average molecular weight is 263 g/mol. The van der Waals surface area contributed by atoms with E-state index in [0.29, 0.717) is 16.8 Å². The summed E-state index contributed by atoms with van der Waals surface area (Å²) in [5, 5.41) is 18.6. The van der Waals surface area contributed by atoms with E-state index in [1.807, 2.05) is 19.1 Å². The zero-order valence-corrected chi connectivity index (χ0v) is 11.6. The summed E-state index contributed by atoms with van der Waals surface area (Å²) in [6.45, 7) is 3.64. The Hall–Kier alpha value is -2.85. The molecule has 0 radical (unpaired) electrons. The molecule has 0 atom stereocenters. The van der Waals surface area contributed by atoms with Gasteiger partial charge in [0.05, 0.1) is 23.9 Å². The molecule has 1 aromatic carbocycles. The molecule has 0 saturated carbocycles. The van der Waals surface area contributed by atoms with Crippen molar-refractivity contribution in [2.75, 3.05) is 7.11 Å². The molecule has 20 heavy (non-hydrogen) atoms. The predicted octanol–water partition coefficient (Wildman–Crippen LogP) is 3.12. The first-order valence-corrected chi connectivity index (χ1v) is 6.08. The summed E-state index contributed by atoms with van der Waals surface area (Å²) < 4.78 is 5.11. The van der Waals surface area contributed by atoms with Gasteiger partial charge in [-0.25, -0.2) is 0 Å². The second-order valence-corrected chi connectivity index (χ2v) is 4.37.